The maximum atomic E-state index is 13.8. The van der Waals surface area contributed by atoms with Crippen molar-refractivity contribution in [2.45, 2.75) is 52.4 Å². The van der Waals surface area contributed by atoms with Gasteiger partial charge >= 0.3 is 5.97 Å². The van der Waals surface area contributed by atoms with Gasteiger partial charge in [0.2, 0.25) is 0 Å². The normalized spacial score (nSPS) is 13.2. The van der Waals surface area contributed by atoms with E-state index in [1.807, 2.05) is 61.5 Å². The molecule has 47 heavy (non-hydrogen) atoms. The Balaban J connectivity index is 1.28. The molecular formula is C39H39N3O5. The van der Waals surface area contributed by atoms with E-state index in [-0.39, 0.29) is 12.6 Å². The first-order chi connectivity index (χ1) is 23.2. The van der Waals surface area contributed by atoms with Gasteiger partial charge in [-0.25, -0.2) is 4.79 Å². The molecule has 7 rings (SSSR count). The summed E-state index contributed by atoms with van der Waals surface area (Å²) in [5.74, 6) is 1.34. The van der Waals surface area contributed by atoms with E-state index in [9.17, 15) is 4.79 Å². The predicted molar refractivity (Wildman–Crippen MR) is 183 cm³/mol. The van der Waals surface area contributed by atoms with Gasteiger partial charge in [0.15, 0.2) is 0 Å². The molecule has 8 nitrogen and oxygen atoms in total. The largest absolute Gasteiger partial charge is 0.493 e. The first-order valence-electron chi connectivity index (χ1n) is 16.5. The lowest BCUT2D eigenvalue weighted by molar-refractivity contribution is 0.0512. The van der Waals surface area contributed by atoms with Crippen LogP contribution < -0.4 is 9.47 Å². The van der Waals surface area contributed by atoms with E-state index >= 15 is 0 Å². The molecular weight excluding hydrogens is 590 g/mol. The van der Waals surface area contributed by atoms with Gasteiger partial charge < -0.3 is 23.5 Å². The van der Waals surface area contributed by atoms with E-state index in [2.05, 4.69) is 46.1 Å². The Kier molecular flexibility index (Phi) is 9.19. The standard InChI is InChI=1S/C39H39N3O5/c1-2-45-39(43)38-31(20-12-24-46-35-21-10-14-27-13-6-7-17-29(27)35)30-18-11-19-32-36-33(25-44-23-9-8-22-42(38)37(30)32)40-41-34(36)26-47-28-15-4-3-5-16-28/h3-7,10-11,13-19,21H,2,8-9,12,20,22-26H2,1H3,(H,40,41). The molecule has 1 N–H and O–H groups in total. The fourth-order valence-electron chi connectivity index (χ4n) is 6.61. The minimum atomic E-state index is -0.300. The summed E-state index contributed by atoms with van der Waals surface area (Å²) in [6.07, 6.45) is 3.13. The number of esters is 1. The lowest BCUT2D eigenvalue weighted by Gasteiger charge is -2.14. The van der Waals surface area contributed by atoms with Crippen molar-refractivity contribution < 1.29 is 23.7 Å². The van der Waals surface area contributed by atoms with Gasteiger partial charge in [0, 0.05) is 35.1 Å². The molecule has 1 aliphatic rings. The fraction of sp³-hybridized carbons (Fsp3) is 0.282. The van der Waals surface area contributed by atoms with Crippen LogP contribution in [-0.2, 0) is 35.7 Å². The summed E-state index contributed by atoms with van der Waals surface area (Å²) in [6, 6.07) is 30.4. The summed E-state index contributed by atoms with van der Waals surface area (Å²) < 4.78 is 26.4. The monoisotopic (exact) mass is 629 g/mol. The van der Waals surface area contributed by atoms with Gasteiger partial charge in [0.05, 0.1) is 31.0 Å². The molecule has 0 amide bonds. The molecule has 240 valence electrons. The van der Waals surface area contributed by atoms with Crippen LogP contribution in [0, 0.1) is 0 Å². The highest BCUT2D eigenvalue weighted by molar-refractivity contribution is 6.05. The molecule has 4 aromatic carbocycles. The minimum Gasteiger partial charge on any atom is -0.493 e. The minimum absolute atomic E-state index is 0.288. The maximum absolute atomic E-state index is 13.8. The van der Waals surface area contributed by atoms with Crippen LogP contribution in [0.5, 0.6) is 11.5 Å². The average Bonchev–Trinajstić information content (AvgIpc) is 3.65. The molecule has 0 fully saturated rings. The molecule has 0 atom stereocenters. The van der Waals surface area contributed by atoms with E-state index in [0.717, 1.165) is 80.5 Å². The highest BCUT2D eigenvalue weighted by Crippen LogP contribution is 2.39. The number of carbonyl (C=O) groups excluding carboxylic acids is 1. The first-order valence-corrected chi connectivity index (χ1v) is 16.5. The Hall–Kier alpha value is -5.08. The zero-order valence-electron chi connectivity index (χ0n) is 26.7. The van der Waals surface area contributed by atoms with Crippen LogP contribution >= 0.6 is 0 Å². The number of fused-ring (bicyclic) bond motifs is 3. The van der Waals surface area contributed by atoms with Crippen molar-refractivity contribution in [3.8, 4) is 22.6 Å². The topological polar surface area (TPSA) is 87.6 Å². The van der Waals surface area contributed by atoms with Crippen molar-refractivity contribution >= 4 is 27.6 Å². The summed E-state index contributed by atoms with van der Waals surface area (Å²) >= 11 is 0. The molecule has 0 radical (unpaired) electrons. The maximum Gasteiger partial charge on any atom is 0.355 e. The average molecular weight is 630 g/mol. The number of ether oxygens (including phenoxy) is 4. The van der Waals surface area contributed by atoms with Crippen molar-refractivity contribution in [2.75, 3.05) is 19.8 Å². The van der Waals surface area contributed by atoms with Crippen LogP contribution in [0.2, 0.25) is 0 Å². The van der Waals surface area contributed by atoms with Crippen molar-refractivity contribution in [1.82, 2.24) is 14.8 Å². The number of aryl methyl sites for hydroxylation is 2. The molecule has 0 bridgehead atoms. The van der Waals surface area contributed by atoms with Gasteiger partial charge in [-0.15, -0.1) is 0 Å². The smallest absolute Gasteiger partial charge is 0.355 e. The Morgan fingerprint density at radius 3 is 2.62 bits per heavy atom. The first kappa shape index (κ1) is 30.6. The van der Waals surface area contributed by atoms with E-state index in [1.165, 1.54) is 0 Å². The molecule has 3 heterocycles. The lowest BCUT2D eigenvalue weighted by atomic mass is 9.98. The van der Waals surface area contributed by atoms with Crippen LogP contribution in [0.25, 0.3) is 32.8 Å². The number of aromatic nitrogens is 3. The third-order valence-corrected chi connectivity index (χ3v) is 8.70. The molecule has 0 saturated carbocycles. The Morgan fingerprint density at radius 1 is 0.915 bits per heavy atom. The van der Waals surface area contributed by atoms with Gasteiger partial charge in [0.25, 0.3) is 0 Å². The van der Waals surface area contributed by atoms with Crippen molar-refractivity contribution in [2.24, 2.45) is 0 Å². The summed E-state index contributed by atoms with van der Waals surface area (Å²) in [7, 11) is 0. The molecule has 0 spiro atoms. The van der Waals surface area contributed by atoms with Gasteiger partial charge in [0.1, 0.15) is 29.5 Å². The Morgan fingerprint density at radius 2 is 1.72 bits per heavy atom. The number of nitrogens with zero attached hydrogens (tertiary/aromatic N) is 2. The van der Waals surface area contributed by atoms with Gasteiger partial charge in [-0.2, -0.15) is 5.10 Å². The number of hydrogen-bond donors (Lipinski definition) is 1. The van der Waals surface area contributed by atoms with Crippen LogP contribution in [0.15, 0.2) is 91.0 Å². The van der Waals surface area contributed by atoms with Gasteiger partial charge in [-0.3, -0.25) is 5.10 Å². The second-order valence-electron chi connectivity index (χ2n) is 11.7. The van der Waals surface area contributed by atoms with Crippen LogP contribution in [0.1, 0.15) is 53.6 Å². The van der Waals surface area contributed by atoms with Crippen molar-refractivity contribution in [3.05, 3.63) is 114 Å². The van der Waals surface area contributed by atoms with Gasteiger partial charge in [-0.05, 0) is 61.8 Å². The third-order valence-electron chi connectivity index (χ3n) is 8.70. The second-order valence-corrected chi connectivity index (χ2v) is 11.7. The third kappa shape index (κ3) is 6.33. The lowest BCUT2D eigenvalue weighted by Crippen LogP contribution is -2.15. The van der Waals surface area contributed by atoms with Crippen LogP contribution in [-0.4, -0.2) is 40.6 Å². The molecule has 0 unspecified atom stereocenters. The quantitative estimate of drug-likeness (QED) is 0.121. The number of benzene rings is 4. The number of para-hydroxylation sites is 2. The zero-order valence-corrected chi connectivity index (χ0v) is 26.7. The predicted octanol–water partition coefficient (Wildman–Crippen LogP) is 8.26. The summed E-state index contributed by atoms with van der Waals surface area (Å²) in [5, 5.41) is 11.2. The van der Waals surface area contributed by atoms with E-state index < -0.39 is 0 Å². The Bertz CT molecular complexity index is 1990. The number of carbonyl (C=O) groups is 1. The zero-order chi connectivity index (χ0) is 32.0. The molecule has 6 aromatic rings. The molecule has 8 heteroatoms. The van der Waals surface area contributed by atoms with Crippen molar-refractivity contribution in [3.63, 3.8) is 0 Å². The summed E-state index contributed by atoms with van der Waals surface area (Å²) in [6.45, 7) is 4.65. The van der Waals surface area contributed by atoms with E-state index in [4.69, 9.17) is 24.0 Å². The van der Waals surface area contributed by atoms with Crippen LogP contribution in [0.3, 0.4) is 0 Å². The Labute approximate surface area is 274 Å². The number of H-pyrrole nitrogens is 1. The number of hydrogen-bond acceptors (Lipinski definition) is 6. The number of rotatable bonds is 10. The second kappa shape index (κ2) is 14.1. The summed E-state index contributed by atoms with van der Waals surface area (Å²) in [4.78, 5) is 13.8. The molecule has 2 aromatic heterocycles. The fourth-order valence-corrected chi connectivity index (χ4v) is 6.61. The van der Waals surface area contributed by atoms with E-state index in [1.54, 1.807) is 0 Å². The molecule has 0 aliphatic carbocycles. The van der Waals surface area contributed by atoms with E-state index in [0.29, 0.717) is 45.1 Å². The van der Waals surface area contributed by atoms with Crippen molar-refractivity contribution in [1.29, 1.82) is 0 Å². The van der Waals surface area contributed by atoms with Crippen LogP contribution in [0.4, 0.5) is 0 Å². The number of nitrogens with one attached hydrogen (secondary N) is 1. The molecule has 1 aliphatic heterocycles. The highest BCUT2D eigenvalue weighted by Gasteiger charge is 2.28. The summed E-state index contributed by atoms with van der Waals surface area (Å²) in [5.41, 5.74) is 6.23. The number of aromatic amines is 1. The van der Waals surface area contributed by atoms with Gasteiger partial charge in [-0.1, -0.05) is 72.8 Å². The highest BCUT2D eigenvalue weighted by atomic mass is 16.5. The molecule has 0 saturated heterocycles. The SMILES string of the molecule is CCOC(=O)c1c(CCCOc2cccc3ccccc23)c2cccc3c2n1CCCCOCc1[nH]nc(COc2ccccc2)c1-3.